The molecule has 5 heteroatoms. The molecule has 2 unspecified atom stereocenters. The zero-order valence-corrected chi connectivity index (χ0v) is 11.1. The lowest BCUT2D eigenvalue weighted by Crippen LogP contribution is -2.41. The molecule has 19 heavy (non-hydrogen) atoms. The third kappa shape index (κ3) is 3.23. The molecule has 0 radical (unpaired) electrons. The minimum atomic E-state index is -0.407. The maximum Gasteiger partial charge on any atom is 0.269 e. The molecule has 1 aliphatic rings. The van der Waals surface area contributed by atoms with Crippen molar-refractivity contribution in [2.45, 2.75) is 38.7 Å². The van der Waals surface area contributed by atoms with Crippen molar-refractivity contribution in [1.82, 2.24) is 0 Å². The molecule has 1 aromatic carbocycles. The number of aliphatic hydroxyl groups excluding tert-OH is 1. The van der Waals surface area contributed by atoms with E-state index in [4.69, 9.17) is 0 Å². The second-order valence-electron chi connectivity index (χ2n) is 5.57. The number of aliphatic hydroxyl groups is 1. The van der Waals surface area contributed by atoms with Crippen LogP contribution in [0, 0.1) is 15.5 Å². The van der Waals surface area contributed by atoms with Gasteiger partial charge in [0.1, 0.15) is 0 Å². The van der Waals surface area contributed by atoms with Gasteiger partial charge in [0.25, 0.3) is 5.69 Å². The van der Waals surface area contributed by atoms with Crippen LogP contribution in [-0.2, 0) is 0 Å². The molecule has 2 rings (SSSR count). The fraction of sp³-hybridized carbons (Fsp3) is 0.571. The van der Waals surface area contributed by atoms with Crippen molar-refractivity contribution >= 4 is 11.4 Å². The van der Waals surface area contributed by atoms with Crippen molar-refractivity contribution in [3.8, 4) is 0 Å². The van der Waals surface area contributed by atoms with Gasteiger partial charge < -0.3 is 10.4 Å². The standard InChI is InChI=1S/C14H20N2O3/c1-14(9-3-2-4-13(14)17)10-15-11-5-7-12(8-6-11)16(18)19/h5-8,13,15,17H,2-4,9-10H2,1H3. The summed E-state index contributed by atoms with van der Waals surface area (Å²) in [4.78, 5) is 10.2. The van der Waals surface area contributed by atoms with Gasteiger partial charge in [0, 0.05) is 29.8 Å². The Labute approximate surface area is 112 Å². The number of anilines is 1. The second kappa shape index (κ2) is 5.57. The predicted molar refractivity (Wildman–Crippen MR) is 74.2 cm³/mol. The molecule has 0 spiro atoms. The Hall–Kier alpha value is -1.62. The summed E-state index contributed by atoms with van der Waals surface area (Å²) in [5.74, 6) is 0. The molecule has 104 valence electrons. The van der Waals surface area contributed by atoms with E-state index in [0.29, 0.717) is 6.54 Å². The van der Waals surface area contributed by atoms with E-state index >= 15 is 0 Å². The van der Waals surface area contributed by atoms with Crippen LogP contribution in [0.2, 0.25) is 0 Å². The van der Waals surface area contributed by atoms with Crippen LogP contribution >= 0.6 is 0 Å². The van der Waals surface area contributed by atoms with E-state index in [1.54, 1.807) is 12.1 Å². The maximum absolute atomic E-state index is 10.6. The minimum Gasteiger partial charge on any atom is -0.392 e. The lowest BCUT2D eigenvalue weighted by molar-refractivity contribution is -0.384. The lowest BCUT2D eigenvalue weighted by atomic mass is 9.73. The van der Waals surface area contributed by atoms with Crippen LogP contribution in [0.4, 0.5) is 11.4 Å². The summed E-state index contributed by atoms with van der Waals surface area (Å²) < 4.78 is 0. The van der Waals surface area contributed by atoms with Crippen molar-refractivity contribution in [2.75, 3.05) is 11.9 Å². The van der Waals surface area contributed by atoms with E-state index in [1.165, 1.54) is 12.1 Å². The summed E-state index contributed by atoms with van der Waals surface area (Å²) in [6.07, 6.45) is 3.84. The number of nitrogens with zero attached hydrogens (tertiary/aromatic N) is 1. The van der Waals surface area contributed by atoms with Gasteiger partial charge >= 0.3 is 0 Å². The highest BCUT2D eigenvalue weighted by Crippen LogP contribution is 2.36. The quantitative estimate of drug-likeness (QED) is 0.647. The molecule has 1 fully saturated rings. The van der Waals surface area contributed by atoms with Crippen LogP contribution in [0.5, 0.6) is 0 Å². The zero-order valence-electron chi connectivity index (χ0n) is 11.1. The molecule has 1 aliphatic carbocycles. The fourth-order valence-corrected chi connectivity index (χ4v) is 2.59. The van der Waals surface area contributed by atoms with E-state index in [2.05, 4.69) is 12.2 Å². The Morgan fingerprint density at radius 1 is 1.42 bits per heavy atom. The van der Waals surface area contributed by atoms with Crippen LogP contribution in [0.15, 0.2) is 24.3 Å². The first-order chi connectivity index (χ1) is 9.01. The molecule has 0 saturated heterocycles. The van der Waals surface area contributed by atoms with Crippen LogP contribution in [0.1, 0.15) is 32.6 Å². The molecule has 2 N–H and O–H groups in total. The third-order valence-corrected chi connectivity index (χ3v) is 4.05. The average molecular weight is 264 g/mol. The van der Waals surface area contributed by atoms with Gasteiger partial charge in [-0.3, -0.25) is 10.1 Å². The number of hydrogen-bond donors (Lipinski definition) is 2. The summed E-state index contributed by atoms with van der Waals surface area (Å²) in [6, 6.07) is 6.39. The number of nitro benzene ring substituents is 1. The predicted octanol–water partition coefficient (Wildman–Crippen LogP) is 2.95. The SMILES string of the molecule is CC1(CNc2ccc([N+](=O)[O-])cc2)CCCCC1O. The number of nitrogens with one attached hydrogen (secondary N) is 1. The molecular weight excluding hydrogens is 244 g/mol. The van der Waals surface area contributed by atoms with Gasteiger partial charge in [-0.2, -0.15) is 0 Å². The molecule has 0 heterocycles. The van der Waals surface area contributed by atoms with Crippen LogP contribution < -0.4 is 5.32 Å². The first-order valence-electron chi connectivity index (χ1n) is 6.68. The summed E-state index contributed by atoms with van der Waals surface area (Å²) in [7, 11) is 0. The Bertz CT molecular complexity index is 447. The molecule has 5 nitrogen and oxygen atoms in total. The highest BCUT2D eigenvalue weighted by atomic mass is 16.6. The van der Waals surface area contributed by atoms with Gasteiger partial charge in [-0.1, -0.05) is 19.8 Å². The van der Waals surface area contributed by atoms with Crippen molar-refractivity contribution < 1.29 is 10.0 Å². The molecule has 0 aliphatic heterocycles. The molecule has 1 aromatic rings. The third-order valence-electron chi connectivity index (χ3n) is 4.05. The van der Waals surface area contributed by atoms with Crippen molar-refractivity contribution in [3.63, 3.8) is 0 Å². The van der Waals surface area contributed by atoms with Crippen molar-refractivity contribution in [1.29, 1.82) is 0 Å². The average Bonchev–Trinajstić information content (AvgIpc) is 2.41. The van der Waals surface area contributed by atoms with Crippen LogP contribution in [0.25, 0.3) is 0 Å². The summed E-state index contributed by atoms with van der Waals surface area (Å²) >= 11 is 0. The van der Waals surface area contributed by atoms with Crippen molar-refractivity contribution in [2.24, 2.45) is 5.41 Å². The Morgan fingerprint density at radius 3 is 2.68 bits per heavy atom. The van der Waals surface area contributed by atoms with Gasteiger partial charge in [0.15, 0.2) is 0 Å². The van der Waals surface area contributed by atoms with Gasteiger partial charge in [0.2, 0.25) is 0 Å². The van der Waals surface area contributed by atoms with Gasteiger partial charge in [-0.25, -0.2) is 0 Å². The Balaban J connectivity index is 1.96. The van der Waals surface area contributed by atoms with E-state index < -0.39 is 4.92 Å². The zero-order chi connectivity index (χ0) is 13.9. The highest BCUT2D eigenvalue weighted by Gasteiger charge is 2.35. The van der Waals surface area contributed by atoms with E-state index in [0.717, 1.165) is 31.4 Å². The smallest absolute Gasteiger partial charge is 0.269 e. The van der Waals surface area contributed by atoms with Crippen LogP contribution in [0.3, 0.4) is 0 Å². The molecule has 0 bridgehead atoms. The molecule has 2 atom stereocenters. The summed E-state index contributed by atoms with van der Waals surface area (Å²) in [5.41, 5.74) is 0.832. The maximum atomic E-state index is 10.6. The highest BCUT2D eigenvalue weighted by molar-refractivity contribution is 5.48. The van der Waals surface area contributed by atoms with E-state index in [9.17, 15) is 15.2 Å². The summed E-state index contributed by atoms with van der Waals surface area (Å²) in [5, 5.41) is 23.9. The van der Waals surface area contributed by atoms with Crippen molar-refractivity contribution in [3.05, 3.63) is 34.4 Å². The lowest BCUT2D eigenvalue weighted by Gasteiger charge is -2.38. The first-order valence-corrected chi connectivity index (χ1v) is 6.68. The van der Waals surface area contributed by atoms with E-state index in [1.807, 2.05) is 0 Å². The number of rotatable bonds is 4. The molecule has 0 aromatic heterocycles. The summed E-state index contributed by atoms with van der Waals surface area (Å²) in [6.45, 7) is 2.78. The molecular formula is C14H20N2O3. The largest absolute Gasteiger partial charge is 0.392 e. The molecule has 1 saturated carbocycles. The van der Waals surface area contributed by atoms with Crippen LogP contribution in [-0.4, -0.2) is 22.7 Å². The van der Waals surface area contributed by atoms with Gasteiger partial charge in [0.05, 0.1) is 11.0 Å². The van der Waals surface area contributed by atoms with Gasteiger partial charge in [-0.05, 0) is 25.0 Å². The number of benzene rings is 1. The monoisotopic (exact) mass is 264 g/mol. The van der Waals surface area contributed by atoms with Gasteiger partial charge in [-0.15, -0.1) is 0 Å². The second-order valence-corrected chi connectivity index (χ2v) is 5.57. The minimum absolute atomic E-state index is 0.0921. The van der Waals surface area contributed by atoms with E-state index in [-0.39, 0.29) is 17.2 Å². The first kappa shape index (κ1) is 13.8. The number of hydrogen-bond acceptors (Lipinski definition) is 4. The fourth-order valence-electron chi connectivity index (χ4n) is 2.59. The number of non-ortho nitro benzene ring substituents is 1. The number of nitro groups is 1. The normalized spacial score (nSPS) is 26.9. The Morgan fingerprint density at radius 2 is 2.11 bits per heavy atom. The topological polar surface area (TPSA) is 75.4 Å². The Kier molecular flexibility index (Phi) is 4.04. The molecule has 0 amide bonds.